The second-order valence-electron chi connectivity index (χ2n) is 2.28. The highest BCUT2D eigenvalue weighted by Gasteiger charge is 1.98. The predicted octanol–water partition coefficient (Wildman–Crippen LogP) is 1.77. The number of hydrogen-bond acceptors (Lipinski definition) is 1. The van der Waals surface area contributed by atoms with Crippen molar-refractivity contribution < 1.29 is 0 Å². The van der Waals surface area contributed by atoms with Crippen LogP contribution in [0.3, 0.4) is 0 Å². The third-order valence-corrected chi connectivity index (χ3v) is 1.44. The first-order valence-electron chi connectivity index (χ1n) is 3.62. The second kappa shape index (κ2) is 5.54. The van der Waals surface area contributed by atoms with Gasteiger partial charge in [0.2, 0.25) is 0 Å². The molecule has 0 saturated heterocycles. The van der Waals surface area contributed by atoms with Crippen LogP contribution in [-0.2, 0) is 0 Å². The molecule has 0 aliphatic rings. The number of alkyl halides is 1. The molecular formula is C7H15ClN2. The Kier molecular flexibility index (Phi) is 5.40. The summed E-state index contributed by atoms with van der Waals surface area (Å²) in [6.07, 6.45) is 2.23. The first-order valence-corrected chi connectivity index (χ1v) is 4.06. The van der Waals surface area contributed by atoms with Gasteiger partial charge in [0.1, 0.15) is 5.84 Å². The molecule has 1 atom stereocenters. The average molecular weight is 163 g/mol. The van der Waals surface area contributed by atoms with Gasteiger partial charge >= 0.3 is 0 Å². The lowest BCUT2D eigenvalue weighted by Gasteiger charge is -2.00. The van der Waals surface area contributed by atoms with Gasteiger partial charge in [0, 0.05) is 6.54 Å². The Morgan fingerprint density at radius 2 is 2.30 bits per heavy atom. The normalized spacial score (nSPS) is 15.3. The van der Waals surface area contributed by atoms with Crippen molar-refractivity contribution in [3.05, 3.63) is 0 Å². The topological polar surface area (TPSA) is 38.4 Å². The van der Waals surface area contributed by atoms with Gasteiger partial charge in [0.15, 0.2) is 0 Å². The van der Waals surface area contributed by atoms with Crippen molar-refractivity contribution in [1.82, 2.24) is 0 Å². The molecule has 3 heteroatoms. The van der Waals surface area contributed by atoms with Gasteiger partial charge in [-0.1, -0.05) is 13.3 Å². The molecule has 60 valence electrons. The van der Waals surface area contributed by atoms with Crippen molar-refractivity contribution in [2.24, 2.45) is 10.7 Å². The first kappa shape index (κ1) is 9.76. The molecular weight excluding hydrogens is 148 g/mol. The van der Waals surface area contributed by atoms with Crippen LogP contribution in [0.4, 0.5) is 0 Å². The van der Waals surface area contributed by atoms with Crippen LogP contribution >= 0.6 is 11.6 Å². The fraction of sp³-hybridized carbons (Fsp3) is 0.857. The van der Waals surface area contributed by atoms with Gasteiger partial charge in [0.05, 0.1) is 5.38 Å². The highest BCUT2D eigenvalue weighted by molar-refractivity contribution is 6.31. The molecule has 0 amide bonds. The SMILES string of the molecule is CCCCN=C(N)[C@H](C)Cl. The summed E-state index contributed by atoms with van der Waals surface area (Å²) in [7, 11) is 0. The van der Waals surface area contributed by atoms with Crippen LogP contribution in [0, 0.1) is 0 Å². The zero-order chi connectivity index (χ0) is 7.98. The van der Waals surface area contributed by atoms with E-state index < -0.39 is 0 Å². The number of unbranched alkanes of at least 4 members (excludes halogenated alkanes) is 1. The molecule has 0 aromatic heterocycles. The lowest BCUT2D eigenvalue weighted by atomic mass is 10.3. The van der Waals surface area contributed by atoms with E-state index in [1.54, 1.807) is 0 Å². The minimum Gasteiger partial charge on any atom is -0.386 e. The van der Waals surface area contributed by atoms with Crippen molar-refractivity contribution in [3.8, 4) is 0 Å². The van der Waals surface area contributed by atoms with Gasteiger partial charge in [-0.3, -0.25) is 4.99 Å². The molecule has 0 saturated carbocycles. The highest BCUT2D eigenvalue weighted by Crippen LogP contribution is 1.94. The zero-order valence-electron chi connectivity index (χ0n) is 6.60. The molecule has 0 bridgehead atoms. The minimum atomic E-state index is -0.128. The Bertz CT molecular complexity index is 110. The molecule has 0 aromatic rings. The van der Waals surface area contributed by atoms with Crippen LogP contribution in [-0.4, -0.2) is 17.8 Å². The quantitative estimate of drug-likeness (QED) is 0.291. The van der Waals surface area contributed by atoms with Crippen molar-refractivity contribution >= 4 is 17.4 Å². The standard InChI is InChI=1S/C7H15ClN2/c1-3-4-5-10-7(9)6(2)8/h6H,3-5H2,1-2H3,(H2,9,10)/t6-/m0/s1. The molecule has 0 radical (unpaired) electrons. The maximum atomic E-state index is 5.65. The maximum absolute atomic E-state index is 5.65. The number of amidine groups is 1. The Hall–Kier alpha value is -0.240. The minimum absolute atomic E-state index is 0.128. The number of rotatable bonds is 4. The van der Waals surface area contributed by atoms with Crippen molar-refractivity contribution in [2.45, 2.75) is 32.1 Å². The molecule has 2 nitrogen and oxygen atoms in total. The summed E-state index contributed by atoms with van der Waals surface area (Å²) in [4.78, 5) is 4.08. The third-order valence-electron chi connectivity index (χ3n) is 1.21. The Morgan fingerprint density at radius 1 is 1.70 bits per heavy atom. The molecule has 0 heterocycles. The van der Waals surface area contributed by atoms with Crippen molar-refractivity contribution in [2.75, 3.05) is 6.54 Å². The Morgan fingerprint density at radius 3 is 2.70 bits per heavy atom. The Balaban J connectivity index is 3.48. The van der Waals surface area contributed by atoms with Gasteiger partial charge in [-0.05, 0) is 13.3 Å². The number of aliphatic imine (C=N–C) groups is 1. The molecule has 0 spiro atoms. The summed E-state index contributed by atoms with van der Waals surface area (Å²) in [5.41, 5.74) is 5.48. The van der Waals surface area contributed by atoms with Crippen LogP contribution in [0.25, 0.3) is 0 Å². The lowest BCUT2D eigenvalue weighted by Crippen LogP contribution is -2.21. The zero-order valence-corrected chi connectivity index (χ0v) is 7.36. The lowest BCUT2D eigenvalue weighted by molar-refractivity contribution is 0.805. The number of hydrogen-bond donors (Lipinski definition) is 1. The number of nitrogens with two attached hydrogens (primary N) is 1. The van der Waals surface area contributed by atoms with Gasteiger partial charge < -0.3 is 5.73 Å². The summed E-state index contributed by atoms with van der Waals surface area (Å²) < 4.78 is 0. The van der Waals surface area contributed by atoms with Crippen molar-refractivity contribution in [3.63, 3.8) is 0 Å². The molecule has 2 N–H and O–H groups in total. The van der Waals surface area contributed by atoms with Crippen LogP contribution in [0.1, 0.15) is 26.7 Å². The van der Waals surface area contributed by atoms with E-state index in [1.165, 1.54) is 0 Å². The first-order chi connectivity index (χ1) is 4.68. The monoisotopic (exact) mass is 162 g/mol. The van der Waals surface area contributed by atoms with E-state index in [-0.39, 0.29) is 5.38 Å². The summed E-state index contributed by atoms with van der Waals surface area (Å²) in [6, 6.07) is 0. The molecule has 0 aliphatic heterocycles. The largest absolute Gasteiger partial charge is 0.386 e. The smallest absolute Gasteiger partial charge is 0.112 e. The molecule has 0 rings (SSSR count). The van der Waals surface area contributed by atoms with Crippen molar-refractivity contribution in [1.29, 1.82) is 0 Å². The highest BCUT2D eigenvalue weighted by atomic mass is 35.5. The molecule has 0 aromatic carbocycles. The van der Waals surface area contributed by atoms with E-state index in [0.717, 1.165) is 19.4 Å². The van der Waals surface area contributed by atoms with Crippen LogP contribution in [0.2, 0.25) is 0 Å². The van der Waals surface area contributed by atoms with Crippen LogP contribution in [0.5, 0.6) is 0 Å². The molecule has 0 unspecified atom stereocenters. The van der Waals surface area contributed by atoms with Gasteiger partial charge in [0.25, 0.3) is 0 Å². The third kappa shape index (κ3) is 4.62. The summed E-state index contributed by atoms with van der Waals surface area (Å²) in [5, 5.41) is -0.128. The molecule has 10 heavy (non-hydrogen) atoms. The average Bonchev–Trinajstić information content (AvgIpc) is 1.88. The van der Waals surface area contributed by atoms with E-state index in [9.17, 15) is 0 Å². The van der Waals surface area contributed by atoms with E-state index in [0.29, 0.717) is 5.84 Å². The van der Waals surface area contributed by atoms with E-state index in [4.69, 9.17) is 17.3 Å². The second-order valence-corrected chi connectivity index (χ2v) is 2.93. The maximum Gasteiger partial charge on any atom is 0.112 e. The fourth-order valence-corrected chi connectivity index (χ4v) is 0.561. The number of nitrogens with zero attached hydrogens (tertiary/aromatic N) is 1. The summed E-state index contributed by atoms with van der Waals surface area (Å²) >= 11 is 5.65. The van der Waals surface area contributed by atoms with Gasteiger partial charge in [-0.2, -0.15) is 0 Å². The Labute approximate surface area is 67.5 Å². The van der Waals surface area contributed by atoms with Crippen LogP contribution < -0.4 is 5.73 Å². The number of halogens is 1. The molecule has 0 fully saturated rings. The van der Waals surface area contributed by atoms with E-state index >= 15 is 0 Å². The van der Waals surface area contributed by atoms with Gasteiger partial charge in [-0.15, -0.1) is 11.6 Å². The van der Waals surface area contributed by atoms with Gasteiger partial charge in [-0.25, -0.2) is 0 Å². The van der Waals surface area contributed by atoms with Crippen LogP contribution in [0.15, 0.2) is 4.99 Å². The summed E-state index contributed by atoms with van der Waals surface area (Å²) in [5.74, 6) is 0.551. The van der Waals surface area contributed by atoms with E-state index in [2.05, 4.69) is 11.9 Å². The summed E-state index contributed by atoms with van der Waals surface area (Å²) in [6.45, 7) is 4.75. The molecule has 0 aliphatic carbocycles. The van der Waals surface area contributed by atoms with E-state index in [1.807, 2.05) is 6.92 Å². The predicted molar refractivity (Wildman–Crippen MR) is 46.7 cm³/mol. The fourth-order valence-electron chi connectivity index (χ4n) is 0.492.